The van der Waals surface area contributed by atoms with Gasteiger partial charge in [0.25, 0.3) is 0 Å². The lowest BCUT2D eigenvalue weighted by Crippen LogP contribution is -2.40. The van der Waals surface area contributed by atoms with Crippen molar-refractivity contribution in [2.45, 2.75) is 44.8 Å². The van der Waals surface area contributed by atoms with Gasteiger partial charge in [0.15, 0.2) is 0 Å². The third-order valence-electron chi connectivity index (χ3n) is 3.37. The van der Waals surface area contributed by atoms with Crippen molar-refractivity contribution in [1.82, 2.24) is 5.32 Å². The van der Waals surface area contributed by atoms with E-state index in [1.807, 2.05) is 19.1 Å². The van der Waals surface area contributed by atoms with Crippen LogP contribution in [0.25, 0.3) is 0 Å². The quantitative estimate of drug-likeness (QED) is 0.819. The van der Waals surface area contributed by atoms with Gasteiger partial charge in [-0.1, -0.05) is 18.6 Å². The zero-order valence-corrected chi connectivity index (χ0v) is 10.5. The molecule has 1 fully saturated rings. The summed E-state index contributed by atoms with van der Waals surface area (Å²) >= 11 is 0. The van der Waals surface area contributed by atoms with Crippen molar-refractivity contribution >= 4 is 0 Å². The maximum absolute atomic E-state index is 6.02. The number of ether oxygens (including phenoxy) is 1. The molecule has 0 heterocycles. The Labute approximate surface area is 103 Å². The number of nitrogens with two attached hydrogens (primary N) is 1. The molecule has 3 N–H and O–H groups in total. The van der Waals surface area contributed by atoms with Gasteiger partial charge in [-0.2, -0.15) is 0 Å². The summed E-state index contributed by atoms with van der Waals surface area (Å²) in [5, 5.41) is 3.53. The molecular formula is C14H22N2O. The monoisotopic (exact) mass is 234 g/mol. The largest absolute Gasteiger partial charge is 0.494 e. The molecule has 0 amide bonds. The molecule has 0 saturated heterocycles. The van der Waals surface area contributed by atoms with Gasteiger partial charge < -0.3 is 15.8 Å². The van der Waals surface area contributed by atoms with Gasteiger partial charge in [-0.05, 0) is 37.5 Å². The van der Waals surface area contributed by atoms with Crippen LogP contribution in [0.1, 0.15) is 31.7 Å². The van der Waals surface area contributed by atoms with Crippen LogP contribution in [-0.2, 0) is 6.54 Å². The predicted octanol–water partition coefficient (Wildman–Crippen LogP) is 2.05. The first-order valence-corrected chi connectivity index (χ1v) is 6.50. The minimum atomic E-state index is 0.331. The van der Waals surface area contributed by atoms with Crippen molar-refractivity contribution in [1.29, 1.82) is 0 Å². The fourth-order valence-corrected chi connectivity index (χ4v) is 2.36. The van der Waals surface area contributed by atoms with Crippen molar-refractivity contribution in [2.24, 2.45) is 5.73 Å². The van der Waals surface area contributed by atoms with Crippen molar-refractivity contribution in [3.05, 3.63) is 29.8 Å². The molecule has 1 aliphatic carbocycles. The maximum Gasteiger partial charge on any atom is 0.119 e. The van der Waals surface area contributed by atoms with E-state index in [1.165, 1.54) is 18.4 Å². The average Bonchev–Trinajstić information content (AvgIpc) is 2.75. The number of benzene rings is 1. The summed E-state index contributed by atoms with van der Waals surface area (Å²) in [6, 6.07) is 9.08. The highest BCUT2D eigenvalue weighted by atomic mass is 16.5. The number of nitrogens with one attached hydrogen (secondary N) is 1. The van der Waals surface area contributed by atoms with E-state index >= 15 is 0 Å². The number of rotatable bonds is 5. The van der Waals surface area contributed by atoms with Gasteiger partial charge in [0.1, 0.15) is 5.75 Å². The fraction of sp³-hybridized carbons (Fsp3) is 0.571. The summed E-state index contributed by atoms with van der Waals surface area (Å²) in [7, 11) is 0. The molecule has 0 aromatic heterocycles. The van der Waals surface area contributed by atoms with E-state index in [1.54, 1.807) is 0 Å². The molecule has 1 aliphatic rings. The van der Waals surface area contributed by atoms with Crippen LogP contribution in [0.5, 0.6) is 5.75 Å². The molecule has 1 aromatic rings. The second kappa shape index (κ2) is 6.03. The highest BCUT2D eigenvalue weighted by molar-refractivity contribution is 5.27. The van der Waals surface area contributed by atoms with Crippen LogP contribution in [-0.4, -0.2) is 18.7 Å². The molecule has 0 aliphatic heterocycles. The van der Waals surface area contributed by atoms with Crippen LogP contribution in [0.2, 0.25) is 0 Å². The van der Waals surface area contributed by atoms with Crippen molar-refractivity contribution in [3.8, 4) is 5.75 Å². The summed E-state index contributed by atoms with van der Waals surface area (Å²) in [6.07, 6.45) is 3.61. The van der Waals surface area contributed by atoms with Gasteiger partial charge >= 0.3 is 0 Å². The first-order chi connectivity index (χ1) is 8.29. The smallest absolute Gasteiger partial charge is 0.119 e. The molecule has 1 aromatic carbocycles. The SMILES string of the molecule is CCOc1ccc(CNC2CCCC2N)cc1. The Morgan fingerprint density at radius 3 is 2.65 bits per heavy atom. The van der Waals surface area contributed by atoms with Gasteiger partial charge in [0.05, 0.1) is 6.61 Å². The minimum absolute atomic E-state index is 0.331. The van der Waals surface area contributed by atoms with E-state index in [0.717, 1.165) is 18.7 Å². The lowest BCUT2D eigenvalue weighted by molar-refractivity contribution is 0.340. The van der Waals surface area contributed by atoms with Gasteiger partial charge in [-0.25, -0.2) is 0 Å². The first kappa shape index (κ1) is 12.4. The third kappa shape index (κ3) is 3.45. The molecule has 3 nitrogen and oxygen atoms in total. The van der Waals surface area contributed by atoms with Crippen LogP contribution in [0.4, 0.5) is 0 Å². The Morgan fingerprint density at radius 1 is 1.29 bits per heavy atom. The topological polar surface area (TPSA) is 47.3 Å². The predicted molar refractivity (Wildman–Crippen MR) is 70.1 cm³/mol. The maximum atomic E-state index is 6.02. The molecule has 1 saturated carbocycles. The number of hydrogen-bond acceptors (Lipinski definition) is 3. The minimum Gasteiger partial charge on any atom is -0.494 e. The summed E-state index contributed by atoms with van der Waals surface area (Å²) in [5.41, 5.74) is 7.31. The van der Waals surface area contributed by atoms with Gasteiger partial charge in [-0.3, -0.25) is 0 Å². The third-order valence-corrected chi connectivity index (χ3v) is 3.37. The van der Waals surface area contributed by atoms with E-state index in [-0.39, 0.29) is 0 Å². The van der Waals surface area contributed by atoms with E-state index in [0.29, 0.717) is 18.7 Å². The zero-order valence-electron chi connectivity index (χ0n) is 10.5. The van der Waals surface area contributed by atoms with Crippen LogP contribution < -0.4 is 15.8 Å². The summed E-state index contributed by atoms with van der Waals surface area (Å²) in [4.78, 5) is 0. The average molecular weight is 234 g/mol. The van der Waals surface area contributed by atoms with Crippen LogP contribution >= 0.6 is 0 Å². The first-order valence-electron chi connectivity index (χ1n) is 6.50. The lowest BCUT2D eigenvalue weighted by Gasteiger charge is -2.17. The Balaban J connectivity index is 1.82. The molecule has 94 valence electrons. The van der Waals surface area contributed by atoms with E-state index in [9.17, 15) is 0 Å². The van der Waals surface area contributed by atoms with E-state index in [2.05, 4.69) is 17.4 Å². The molecule has 0 spiro atoms. The van der Waals surface area contributed by atoms with Gasteiger partial charge in [0, 0.05) is 18.6 Å². The highest BCUT2D eigenvalue weighted by Gasteiger charge is 2.22. The molecular weight excluding hydrogens is 212 g/mol. The molecule has 2 unspecified atom stereocenters. The summed E-state index contributed by atoms with van der Waals surface area (Å²) < 4.78 is 5.42. The summed E-state index contributed by atoms with van der Waals surface area (Å²) in [5.74, 6) is 0.939. The highest BCUT2D eigenvalue weighted by Crippen LogP contribution is 2.18. The Bertz CT molecular complexity index is 337. The zero-order chi connectivity index (χ0) is 12.1. The standard InChI is InChI=1S/C14H22N2O/c1-2-17-12-8-6-11(7-9-12)10-16-14-5-3-4-13(14)15/h6-9,13-14,16H,2-5,10,15H2,1H3. The van der Waals surface area contributed by atoms with Crippen LogP contribution in [0, 0.1) is 0 Å². The van der Waals surface area contributed by atoms with Crippen molar-refractivity contribution in [3.63, 3.8) is 0 Å². The van der Waals surface area contributed by atoms with Gasteiger partial charge in [0.2, 0.25) is 0 Å². The second-order valence-electron chi connectivity index (χ2n) is 4.66. The molecule has 0 radical (unpaired) electrons. The van der Waals surface area contributed by atoms with E-state index < -0.39 is 0 Å². The normalized spacial score (nSPS) is 23.9. The molecule has 2 atom stereocenters. The fourth-order valence-electron chi connectivity index (χ4n) is 2.36. The Morgan fingerprint density at radius 2 is 2.06 bits per heavy atom. The van der Waals surface area contributed by atoms with Crippen LogP contribution in [0.3, 0.4) is 0 Å². The summed E-state index contributed by atoms with van der Waals surface area (Å²) in [6.45, 7) is 3.61. The van der Waals surface area contributed by atoms with Gasteiger partial charge in [-0.15, -0.1) is 0 Å². The van der Waals surface area contributed by atoms with Crippen molar-refractivity contribution in [2.75, 3.05) is 6.61 Å². The number of hydrogen-bond donors (Lipinski definition) is 2. The van der Waals surface area contributed by atoms with Crippen LogP contribution in [0.15, 0.2) is 24.3 Å². The Kier molecular flexibility index (Phi) is 4.40. The van der Waals surface area contributed by atoms with E-state index in [4.69, 9.17) is 10.5 Å². The molecule has 17 heavy (non-hydrogen) atoms. The second-order valence-corrected chi connectivity index (χ2v) is 4.66. The molecule has 0 bridgehead atoms. The molecule has 2 rings (SSSR count). The Hall–Kier alpha value is -1.06. The van der Waals surface area contributed by atoms with Crippen molar-refractivity contribution < 1.29 is 4.74 Å². The lowest BCUT2D eigenvalue weighted by atomic mass is 10.1. The molecule has 3 heteroatoms.